The summed E-state index contributed by atoms with van der Waals surface area (Å²) in [4.78, 5) is 34.6. The molecule has 0 fully saturated rings. The van der Waals surface area contributed by atoms with Gasteiger partial charge in [0.1, 0.15) is 5.60 Å². The summed E-state index contributed by atoms with van der Waals surface area (Å²) in [6, 6.07) is -1.17. The zero-order chi connectivity index (χ0) is 12.5. The van der Waals surface area contributed by atoms with Gasteiger partial charge < -0.3 is 30.4 Å². The molecule has 0 rings (SSSR count). The molecule has 0 aromatic heterocycles. The summed E-state index contributed by atoms with van der Waals surface area (Å²) in [7, 11) is -9.20. The zero-order valence-corrected chi connectivity index (χ0v) is 9.80. The second kappa shape index (κ2) is 4.61. The summed E-state index contributed by atoms with van der Waals surface area (Å²) >= 11 is 0. The van der Waals surface area contributed by atoms with Gasteiger partial charge in [0.2, 0.25) is 0 Å². The predicted molar refractivity (Wildman–Crippen MR) is 52.4 cm³/mol. The molecule has 0 spiro atoms. The summed E-state index contributed by atoms with van der Waals surface area (Å²) in [6.45, 7) is 1.21. The average Bonchev–Trinajstić information content (AvgIpc) is 1.75. The van der Waals surface area contributed by atoms with E-state index < -0.39 is 39.2 Å². The molecule has 8 nitrogen and oxygen atoms in total. The highest BCUT2D eigenvalue weighted by molar-refractivity contribution is 7.53. The molecule has 0 radical (unpaired) electrons. The Balaban J connectivity index is 4.93. The van der Waals surface area contributed by atoms with E-state index in [1.165, 1.54) is 6.92 Å². The molecule has 0 aromatic rings. The van der Waals surface area contributed by atoms with Gasteiger partial charge in [-0.15, -0.1) is 0 Å². The number of hydrogen-bond donors (Lipinski definition) is 6. The summed E-state index contributed by atoms with van der Waals surface area (Å²) < 4.78 is 21.3. The first-order valence-corrected chi connectivity index (χ1v) is 7.52. The lowest BCUT2D eigenvalue weighted by molar-refractivity contribution is 0.0551. The van der Waals surface area contributed by atoms with E-state index in [1.807, 2.05) is 0 Å². The van der Waals surface area contributed by atoms with Crippen LogP contribution in [-0.4, -0.2) is 48.6 Å². The number of rotatable bonds is 5. The van der Waals surface area contributed by atoms with Crippen molar-refractivity contribution in [2.75, 3.05) is 12.3 Å². The molecule has 0 heterocycles. The van der Waals surface area contributed by atoms with Crippen molar-refractivity contribution < 1.29 is 33.8 Å². The van der Waals surface area contributed by atoms with Crippen LogP contribution in [0.25, 0.3) is 0 Å². The summed E-state index contributed by atoms with van der Waals surface area (Å²) in [5.74, 6) is 0. The van der Waals surface area contributed by atoms with Crippen LogP contribution in [0.5, 0.6) is 0 Å². The Hall–Kier alpha value is 0.220. The number of hydrogen-bond acceptors (Lipinski definition) is 4. The SMILES string of the molecule is CC(N)C(O)(CP(=O)(O)O)CP(=O)(O)O. The van der Waals surface area contributed by atoms with Crippen LogP contribution >= 0.6 is 15.2 Å². The summed E-state index contributed by atoms with van der Waals surface area (Å²) in [5, 5.41) is 9.65. The highest BCUT2D eigenvalue weighted by Gasteiger charge is 2.43. The van der Waals surface area contributed by atoms with Crippen molar-refractivity contribution >= 4 is 15.2 Å². The Morgan fingerprint density at radius 3 is 1.53 bits per heavy atom. The maximum absolute atomic E-state index is 10.7. The normalized spacial score (nSPS) is 16.5. The van der Waals surface area contributed by atoms with Gasteiger partial charge in [-0.25, -0.2) is 0 Å². The van der Waals surface area contributed by atoms with Crippen LogP contribution in [0.4, 0.5) is 0 Å². The molecule has 0 aliphatic heterocycles. The summed E-state index contributed by atoms with van der Waals surface area (Å²) in [6.07, 6.45) is -2.16. The Morgan fingerprint density at radius 1 is 1.13 bits per heavy atom. The fraction of sp³-hybridized carbons (Fsp3) is 1.00. The molecule has 10 heteroatoms. The molecule has 1 unspecified atom stereocenters. The molecule has 92 valence electrons. The molecular formula is C5H15NO7P2. The van der Waals surface area contributed by atoms with Crippen LogP contribution in [0, 0.1) is 0 Å². The van der Waals surface area contributed by atoms with Crippen molar-refractivity contribution in [3.63, 3.8) is 0 Å². The van der Waals surface area contributed by atoms with E-state index in [4.69, 9.17) is 25.3 Å². The lowest BCUT2D eigenvalue weighted by Gasteiger charge is -2.32. The van der Waals surface area contributed by atoms with Gasteiger partial charge in [-0.3, -0.25) is 9.13 Å². The molecule has 1 atom stereocenters. The van der Waals surface area contributed by atoms with Crippen molar-refractivity contribution in [3.8, 4) is 0 Å². The Kier molecular flexibility index (Phi) is 4.68. The third kappa shape index (κ3) is 6.40. The van der Waals surface area contributed by atoms with Gasteiger partial charge in [0.25, 0.3) is 0 Å². The minimum Gasteiger partial charge on any atom is -0.387 e. The molecule has 0 aromatic carbocycles. The second-order valence-electron chi connectivity index (χ2n) is 3.54. The van der Waals surface area contributed by atoms with Crippen LogP contribution in [0.15, 0.2) is 0 Å². The van der Waals surface area contributed by atoms with Gasteiger partial charge >= 0.3 is 15.2 Å². The largest absolute Gasteiger partial charge is 0.387 e. The lowest BCUT2D eigenvalue weighted by Crippen LogP contribution is -2.51. The van der Waals surface area contributed by atoms with Crippen molar-refractivity contribution in [2.24, 2.45) is 5.73 Å². The number of nitrogens with two attached hydrogens (primary N) is 1. The minimum absolute atomic E-state index is 1.08. The molecule has 0 saturated heterocycles. The quantitative estimate of drug-likeness (QED) is 0.324. The van der Waals surface area contributed by atoms with Crippen molar-refractivity contribution in [2.45, 2.75) is 18.6 Å². The van der Waals surface area contributed by atoms with E-state index in [9.17, 15) is 14.2 Å². The zero-order valence-electron chi connectivity index (χ0n) is 8.02. The van der Waals surface area contributed by atoms with Crippen LogP contribution in [0.1, 0.15) is 6.92 Å². The highest BCUT2D eigenvalue weighted by Crippen LogP contribution is 2.45. The standard InChI is InChI=1S/C5H15NO7P2/c1-4(6)5(7,2-14(8,9)10)3-15(11,12)13/h4,7H,2-3,6H2,1H3,(H2,8,9,10)(H2,11,12,13). The van der Waals surface area contributed by atoms with E-state index in [-0.39, 0.29) is 0 Å². The Labute approximate surface area is 86.4 Å². The van der Waals surface area contributed by atoms with Crippen LogP contribution < -0.4 is 5.73 Å². The van der Waals surface area contributed by atoms with Crippen LogP contribution in [0.2, 0.25) is 0 Å². The Bertz CT molecular complexity index is 281. The van der Waals surface area contributed by atoms with Gasteiger partial charge in [-0.2, -0.15) is 0 Å². The van der Waals surface area contributed by atoms with Crippen molar-refractivity contribution in [1.29, 1.82) is 0 Å². The predicted octanol–water partition coefficient (Wildman–Crippen LogP) is -1.58. The average molecular weight is 263 g/mol. The fourth-order valence-corrected chi connectivity index (χ4v) is 3.45. The first kappa shape index (κ1) is 15.2. The molecule has 0 amide bonds. The minimum atomic E-state index is -4.60. The van der Waals surface area contributed by atoms with E-state index in [0.29, 0.717) is 0 Å². The molecule has 15 heavy (non-hydrogen) atoms. The summed E-state index contributed by atoms with van der Waals surface area (Å²) in [5.41, 5.74) is 2.97. The lowest BCUT2D eigenvalue weighted by atomic mass is 10.0. The maximum atomic E-state index is 10.7. The monoisotopic (exact) mass is 263 g/mol. The maximum Gasteiger partial charge on any atom is 0.328 e. The molecule has 0 bridgehead atoms. The molecule has 0 saturated carbocycles. The van der Waals surface area contributed by atoms with Crippen LogP contribution in [0.3, 0.4) is 0 Å². The molecule has 7 N–H and O–H groups in total. The van der Waals surface area contributed by atoms with E-state index in [0.717, 1.165) is 0 Å². The second-order valence-corrected chi connectivity index (χ2v) is 6.83. The topological polar surface area (TPSA) is 161 Å². The smallest absolute Gasteiger partial charge is 0.328 e. The number of aliphatic hydroxyl groups is 1. The third-order valence-electron chi connectivity index (χ3n) is 1.81. The van der Waals surface area contributed by atoms with E-state index in [2.05, 4.69) is 0 Å². The first-order chi connectivity index (χ1) is 6.36. The van der Waals surface area contributed by atoms with Crippen molar-refractivity contribution in [3.05, 3.63) is 0 Å². The van der Waals surface area contributed by atoms with Gasteiger partial charge in [-0.1, -0.05) is 0 Å². The molecular weight excluding hydrogens is 248 g/mol. The van der Waals surface area contributed by atoms with E-state index >= 15 is 0 Å². The molecule has 0 aliphatic carbocycles. The Morgan fingerprint density at radius 2 is 1.40 bits per heavy atom. The first-order valence-electron chi connectivity index (χ1n) is 3.93. The van der Waals surface area contributed by atoms with E-state index in [1.54, 1.807) is 0 Å². The van der Waals surface area contributed by atoms with Gasteiger partial charge in [0.05, 0.1) is 12.3 Å². The van der Waals surface area contributed by atoms with Gasteiger partial charge in [-0.05, 0) is 6.92 Å². The van der Waals surface area contributed by atoms with Crippen LogP contribution in [-0.2, 0) is 9.13 Å². The fourth-order valence-electron chi connectivity index (χ4n) is 1.05. The van der Waals surface area contributed by atoms with Gasteiger partial charge in [0.15, 0.2) is 0 Å². The third-order valence-corrected chi connectivity index (χ3v) is 3.73. The molecule has 0 aliphatic rings. The van der Waals surface area contributed by atoms with Gasteiger partial charge in [0, 0.05) is 6.04 Å². The van der Waals surface area contributed by atoms with Crippen molar-refractivity contribution in [1.82, 2.24) is 0 Å². The highest BCUT2D eigenvalue weighted by atomic mass is 31.2.